The van der Waals surface area contributed by atoms with E-state index in [0.29, 0.717) is 12.5 Å². The molecule has 0 amide bonds. The Morgan fingerprint density at radius 3 is 2.64 bits per heavy atom. The first-order valence-corrected chi connectivity index (χ1v) is 4.95. The van der Waals surface area contributed by atoms with Gasteiger partial charge >= 0.3 is 0 Å². The number of aromatic nitrogens is 1. The highest BCUT2D eigenvalue weighted by Gasteiger charge is 2.06. The van der Waals surface area contributed by atoms with Crippen LogP contribution in [0.1, 0.15) is 25.0 Å². The van der Waals surface area contributed by atoms with Gasteiger partial charge in [0, 0.05) is 24.8 Å². The van der Waals surface area contributed by atoms with Gasteiger partial charge in [-0.2, -0.15) is 0 Å². The minimum absolute atomic E-state index is 0.0567. The summed E-state index contributed by atoms with van der Waals surface area (Å²) < 4.78 is 1.74. The quantitative estimate of drug-likeness (QED) is 0.787. The molecule has 0 saturated heterocycles. The van der Waals surface area contributed by atoms with Crippen molar-refractivity contribution in [1.82, 2.24) is 4.57 Å². The average molecular weight is 194 g/mol. The average Bonchev–Trinajstić information content (AvgIpc) is 2.10. The van der Waals surface area contributed by atoms with Gasteiger partial charge in [0.15, 0.2) is 0 Å². The SMILES string of the molecule is Cc1ccn(CC(C)C)c(=O)c1CN. The van der Waals surface area contributed by atoms with Gasteiger partial charge in [0.25, 0.3) is 5.56 Å². The van der Waals surface area contributed by atoms with Crippen LogP contribution in [0.4, 0.5) is 0 Å². The Morgan fingerprint density at radius 2 is 2.14 bits per heavy atom. The Balaban J connectivity index is 3.15. The summed E-state index contributed by atoms with van der Waals surface area (Å²) in [4.78, 5) is 11.8. The van der Waals surface area contributed by atoms with Gasteiger partial charge in [0.1, 0.15) is 0 Å². The van der Waals surface area contributed by atoms with Crippen LogP contribution in [-0.4, -0.2) is 4.57 Å². The minimum Gasteiger partial charge on any atom is -0.326 e. The number of pyridine rings is 1. The second-order valence-electron chi connectivity index (χ2n) is 4.03. The molecule has 0 atom stereocenters. The van der Waals surface area contributed by atoms with E-state index in [0.717, 1.165) is 17.7 Å². The third-order valence-corrected chi connectivity index (χ3v) is 2.27. The molecular weight excluding hydrogens is 176 g/mol. The molecule has 1 rings (SSSR count). The van der Waals surface area contributed by atoms with Crippen LogP contribution in [0.15, 0.2) is 17.1 Å². The molecule has 0 bridgehead atoms. The van der Waals surface area contributed by atoms with Crippen LogP contribution in [0, 0.1) is 12.8 Å². The molecule has 0 aliphatic heterocycles. The van der Waals surface area contributed by atoms with Crippen LogP contribution in [0.3, 0.4) is 0 Å². The molecule has 2 N–H and O–H groups in total. The zero-order chi connectivity index (χ0) is 10.7. The maximum atomic E-state index is 11.8. The summed E-state index contributed by atoms with van der Waals surface area (Å²) in [5, 5.41) is 0. The standard InChI is InChI=1S/C11H18N2O/c1-8(2)7-13-5-4-9(3)10(6-12)11(13)14/h4-5,8H,6-7,12H2,1-3H3. The second-order valence-corrected chi connectivity index (χ2v) is 4.03. The molecule has 0 saturated carbocycles. The van der Waals surface area contributed by atoms with E-state index in [4.69, 9.17) is 5.73 Å². The van der Waals surface area contributed by atoms with Gasteiger partial charge in [-0.3, -0.25) is 4.79 Å². The smallest absolute Gasteiger partial charge is 0.255 e. The summed E-state index contributed by atoms with van der Waals surface area (Å²) in [7, 11) is 0. The molecule has 0 aliphatic rings. The summed E-state index contributed by atoms with van der Waals surface area (Å²) in [6.07, 6.45) is 1.84. The van der Waals surface area contributed by atoms with E-state index < -0.39 is 0 Å². The molecule has 0 spiro atoms. The van der Waals surface area contributed by atoms with Crippen LogP contribution < -0.4 is 11.3 Å². The molecular formula is C11H18N2O. The van der Waals surface area contributed by atoms with Gasteiger partial charge in [-0.25, -0.2) is 0 Å². The predicted octanol–water partition coefficient (Wildman–Crippen LogP) is 1.27. The summed E-state index contributed by atoms with van der Waals surface area (Å²) in [6, 6.07) is 1.95. The minimum atomic E-state index is 0.0567. The summed E-state index contributed by atoms with van der Waals surface area (Å²) in [5.74, 6) is 0.473. The molecule has 1 aromatic heterocycles. The summed E-state index contributed by atoms with van der Waals surface area (Å²) >= 11 is 0. The molecule has 14 heavy (non-hydrogen) atoms. The highest BCUT2D eigenvalue weighted by molar-refractivity contribution is 5.22. The van der Waals surface area contributed by atoms with Crippen molar-refractivity contribution in [3.8, 4) is 0 Å². The lowest BCUT2D eigenvalue weighted by Gasteiger charge is -2.11. The highest BCUT2D eigenvalue weighted by Crippen LogP contribution is 2.02. The molecule has 0 aromatic carbocycles. The number of hydrogen-bond acceptors (Lipinski definition) is 2. The van der Waals surface area contributed by atoms with Crippen LogP contribution in [0.2, 0.25) is 0 Å². The first kappa shape index (κ1) is 11.0. The lowest BCUT2D eigenvalue weighted by molar-refractivity contribution is 0.508. The fourth-order valence-electron chi connectivity index (χ4n) is 1.50. The first-order valence-electron chi connectivity index (χ1n) is 4.95. The van der Waals surface area contributed by atoms with E-state index in [1.54, 1.807) is 4.57 Å². The Labute approximate surface area is 84.6 Å². The maximum absolute atomic E-state index is 11.8. The van der Waals surface area contributed by atoms with Gasteiger partial charge in [-0.1, -0.05) is 13.8 Å². The van der Waals surface area contributed by atoms with E-state index in [-0.39, 0.29) is 5.56 Å². The van der Waals surface area contributed by atoms with E-state index in [2.05, 4.69) is 13.8 Å². The predicted molar refractivity (Wildman–Crippen MR) is 58.2 cm³/mol. The summed E-state index contributed by atoms with van der Waals surface area (Å²) in [6.45, 7) is 7.18. The fraction of sp³-hybridized carbons (Fsp3) is 0.545. The Morgan fingerprint density at radius 1 is 1.50 bits per heavy atom. The largest absolute Gasteiger partial charge is 0.326 e. The molecule has 0 aliphatic carbocycles. The lowest BCUT2D eigenvalue weighted by atomic mass is 10.1. The Bertz CT molecular complexity index is 366. The number of aryl methyl sites for hydroxylation is 1. The van der Waals surface area contributed by atoms with Crippen LogP contribution in [0.25, 0.3) is 0 Å². The third-order valence-electron chi connectivity index (χ3n) is 2.27. The number of nitrogens with two attached hydrogens (primary N) is 1. The van der Waals surface area contributed by atoms with Crippen LogP contribution >= 0.6 is 0 Å². The van der Waals surface area contributed by atoms with Crippen molar-refractivity contribution < 1.29 is 0 Å². The zero-order valence-corrected chi connectivity index (χ0v) is 9.08. The number of hydrogen-bond donors (Lipinski definition) is 1. The lowest BCUT2D eigenvalue weighted by Crippen LogP contribution is -2.27. The molecule has 0 unspecified atom stereocenters. The second kappa shape index (κ2) is 4.42. The van der Waals surface area contributed by atoms with Crippen molar-refractivity contribution in [2.24, 2.45) is 11.7 Å². The van der Waals surface area contributed by atoms with Crippen molar-refractivity contribution >= 4 is 0 Å². The highest BCUT2D eigenvalue weighted by atomic mass is 16.1. The van der Waals surface area contributed by atoms with Crippen LogP contribution in [0.5, 0.6) is 0 Å². The summed E-state index contributed by atoms with van der Waals surface area (Å²) in [5.41, 5.74) is 7.31. The first-order chi connectivity index (χ1) is 6.56. The van der Waals surface area contributed by atoms with E-state index >= 15 is 0 Å². The van der Waals surface area contributed by atoms with Gasteiger partial charge < -0.3 is 10.3 Å². The van der Waals surface area contributed by atoms with Gasteiger partial charge in [0.2, 0.25) is 0 Å². The topological polar surface area (TPSA) is 48.0 Å². The van der Waals surface area contributed by atoms with Crippen molar-refractivity contribution in [2.75, 3.05) is 0 Å². The molecule has 78 valence electrons. The monoisotopic (exact) mass is 194 g/mol. The van der Waals surface area contributed by atoms with Crippen LogP contribution in [-0.2, 0) is 13.1 Å². The van der Waals surface area contributed by atoms with Crippen molar-refractivity contribution in [3.63, 3.8) is 0 Å². The molecule has 0 radical (unpaired) electrons. The molecule has 0 fully saturated rings. The molecule has 3 heteroatoms. The Kier molecular flexibility index (Phi) is 3.47. The zero-order valence-electron chi connectivity index (χ0n) is 9.08. The fourth-order valence-corrected chi connectivity index (χ4v) is 1.50. The normalized spacial score (nSPS) is 10.9. The van der Waals surface area contributed by atoms with Crippen molar-refractivity contribution in [3.05, 3.63) is 33.7 Å². The third kappa shape index (κ3) is 2.23. The maximum Gasteiger partial charge on any atom is 0.255 e. The molecule has 3 nitrogen and oxygen atoms in total. The van der Waals surface area contributed by atoms with E-state index in [1.807, 2.05) is 19.2 Å². The van der Waals surface area contributed by atoms with Gasteiger partial charge in [-0.15, -0.1) is 0 Å². The van der Waals surface area contributed by atoms with Crippen molar-refractivity contribution in [1.29, 1.82) is 0 Å². The van der Waals surface area contributed by atoms with E-state index in [9.17, 15) is 4.79 Å². The van der Waals surface area contributed by atoms with E-state index in [1.165, 1.54) is 0 Å². The number of nitrogens with zero attached hydrogens (tertiary/aromatic N) is 1. The number of rotatable bonds is 3. The van der Waals surface area contributed by atoms with Gasteiger partial charge in [0.05, 0.1) is 0 Å². The molecule has 1 heterocycles. The van der Waals surface area contributed by atoms with Crippen molar-refractivity contribution in [2.45, 2.75) is 33.9 Å². The molecule has 1 aromatic rings. The Hall–Kier alpha value is -1.09. The van der Waals surface area contributed by atoms with Gasteiger partial charge in [-0.05, 0) is 24.5 Å².